The summed E-state index contributed by atoms with van der Waals surface area (Å²) in [6.07, 6.45) is 30.8. The van der Waals surface area contributed by atoms with E-state index in [0.29, 0.717) is 25.7 Å². The van der Waals surface area contributed by atoms with E-state index in [-0.39, 0.29) is 25.2 Å². The van der Waals surface area contributed by atoms with Crippen molar-refractivity contribution < 1.29 is 52.6 Å². The Morgan fingerprint density at radius 1 is 0.698 bits per heavy atom. The number of hydrogen-bond acceptors (Lipinski definition) is 10. The molecule has 0 amide bonds. The maximum Gasteiger partial charge on any atom is 0.472 e. The van der Waals surface area contributed by atoms with E-state index in [4.69, 9.17) is 19.1 Å². The Morgan fingerprint density at radius 3 is 1.98 bits per heavy atom. The van der Waals surface area contributed by atoms with Crippen LogP contribution in [0.4, 0.5) is 0 Å². The molecule has 0 aliphatic rings. The number of ether oxygens (including phenoxy) is 2. The second kappa shape index (κ2) is 35.3. The summed E-state index contributed by atoms with van der Waals surface area (Å²) in [5.74, 6) is -0.0703. The van der Waals surface area contributed by atoms with Gasteiger partial charge < -0.3 is 24.6 Å². The first kappa shape index (κ1) is 50.6. The van der Waals surface area contributed by atoms with Crippen molar-refractivity contribution in [3.8, 4) is 0 Å². The zero-order valence-electron chi connectivity index (χ0n) is 32.9. The van der Waals surface area contributed by atoms with Crippen LogP contribution in [-0.4, -0.2) is 71.5 Å². The molecule has 0 spiro atoms. The van der Waals surface area contributed by atoms with Gasteiger partial charge in [-0.15, -0.1) is 0 Å². The van der Waals surface area contributed by atoms with Crippen LogP contribution in [0, 0.1) is 5.92 Å². The van der Waals surface area contributed by atoms with E-state index in [1.54, 1.807) is 12.2 Å². The number of unbranched alkanes of at least 4 members (excludes halogenated alkanes) is 10. The van der Waals surface area contributed by atoms with Gasteiger partial charge in [-0.3, -0.25) is 23.4 Å². The summed E-state index contributed by atoms with van der Waals surface area (Å²) in [7, 11) is -4.64. The zero-order valence-corrected chi connectivity index (χ0v) is 33.8. The molecular formula is C41H71O11P. The topological polar surface area (TPSA) is 166 Å². The lowest BCUT2D eigenvalue weighted by atomic mass is 9.99. The molecule has 0 aliphatic heterocycles. The molecule has 4 atom stereocenters. The van der Waals surface area contributed by atoms with E-state index in [0.717, 1.165) is 57.3 Å². The maximum absolute atomic E-state index is 12.5. The lowest BCUT2D eigenvalue weighted by molar-refractivity contribution is -0.161. The minimum absolute atomic E-state index is 0.0812. The molecule has 0 fully saturated rings. The van der Waals surface area contributed by atoms with Crippen LogP contribution in [0.15, 0.2) is 48.6 Å². The van der Waals surface area contributed by atoms with Crippen LogP contribution in [0.3, 0.4) is 0 Å². The van der Waals surface area contributed by atoms with Crippen LogP contribution in [-0.2, 0) is 37.5 Å². The highest BCUT2D eigenvalue weighted by atomic mass is 31.2. The molecule has 306 valence electrons. The number of aliphatic hydroxyl groups excluding tert-OH is 2. The Labute approximate surface area is 319 Å². The summed E-state index contributed by atoms with van der Waals surface area (Å²) in [6, 6.07) is 0. The molecule has 0 aromatic rings. The van der Waals surface area contributed by atoms with E-state index in [2.05, 4.69) is 25.3 Å². The number of carbonyl (C=O) groups excluding carboxylic acids is 3. The molecule has 0 aromatic carbocycles. The van der Waals surface area contributed by atoms with E-state index in [9.17, 15) is 28.9 Å². The zero-order chi connectivity index (χ0) is 39.4. The smallest absolute Gasteiger partial charge is 0.462 e. The van der Waals surface area contributed by atoms with Gasteiger partial charge in [0.2, 0.25) is 0 Å². The van der Waals surface area contributed by atoms with Crippen LogP contribution < -0.4 is 0 Å². The predicted octanol–water partition coefficient (Wildman–Crippen LogP) is 9.20. The van der Waals surface area contributed by atoms with Crippen molar-refractivity contribution in [1.29, 1.82) is 0 Å². The third-order valence-corrected chi connectivity index (χ3v) is 9.45. The number of aliphatic hydroxyl groups is 2. The standard InChI is InChI=1S/C41H71O11P/c1-4-6-22-28-37(43)29-24-19-15-10-8-7-9-11-17-21-26-31-41(46)52-39(35-51-53(47,48)50-33-38(44)32-42)34-49-40(45)30-25-20-16-13-12-14-18-23-27-36(3)5-2/h7-8,11,15,17,19,24,29,36,38-39,42,44H,4-6,9-10,12-14,16,18,20-23,25-28,30-35H2,1-3H3,(H,47,48)/b8-7-,17-11-,19-15-,29-24+/t36?,38-,39+/m0/s1. The SMILES string of the molecule is CCCCCC(=O)/C=C/C=C\C/C=C\C/C=C\CCCC(=O)O[C@H](COC(=O)CCCCCCCCCCC(C)CC)COP(=O)(O)OC[C@@H](O)CO. The van der Waals surface area contributed by atoms with Crippen molar-refractivity contribution in [2.24, 2.45) is 5.92 Å². The summed E-state index contributed by atoms with van der Waals surface area (Å²) in [5.41, 5.74) is 0. The predicted molar refractivity (Wildman–Crippen MR) is 210 cm³/mol. The summed E-state index contributed by atoms with van der Waals surface area (Å²) < 4.78 is 32.5. The average Bonchev–Trinajstić information content (AvgIpc) is 3.14. The highest BCUT2D eigenvalue weighted by molar-refractivity contribution is 7.47. The largest absolute Gasteiger partial charge is 0.472 e. The van der Waals surface area contributed by atoms with Crippen molar-refractivity contribution in [3.05, 3.63) is 48.6 Å². The van der Waals surface area contributed by atoms with Gasteiger partial charge in [-0.25, -0.2) is 4.57 Å². The maximum atomic E-state index is 12.5. The third kappa shape index (κ3) is 35.1. The molecule has 0 heterocycles. The van der Waals surface area contributed by atoms with Crippen LogP contribution in [0.25, 0.3) is 0 Å². The van der Waals surface area contributed by atoms with E-state index < -0.39 is 51.8 Å². The molecule has 0 rings (SSSR count). The number of hydrogen-bond donors (Lipinski definition) is 3. The normalized spacial score (nSPS) is 15.0. The van der Waals surface area contributed by atoms with Gasteiger partial charge in [0, 0.05) is 19.3 Å². The summed E-state index contributed by atoms with van der Waals surface area (Å²) in [5, 5.41) is 18.3. The number of ketones is 1. The molecule has 0 saturated carbocycles. The first-order valence-corrected chi connectivity index (χ1v) is 21.4. The van der Waals surface area contributed by atoms with Crippen molar-refractivity contribution in [3.63, 3.8) is 0 Å². The molecule has 0 aliphatic carbocycles. The van der Waals surface area contributed by atoms with Gasteiger partial charge in [-0.05, 0) is 50.5 Å². The number of esters is 2. The summed E-state index contributed by atoms with van der Waals surface area (Å²) >= 11 is 0. The van der Waals surface area contributed by atoms with Crippen LogP contribution in [0.2, 0.25) is 0 Å². The van der Waals surface area contributed by atoms with Crippen LogP contribution in [0.5, 0.6) is 0 Å². The van der Waals surface area contributed by atoms with E-state index in [1.807, 2.05) is 36.5 Å². The lowest BCUT2D eigenvalue weighted by Crippen LogP contribution is -2.29. The Morgan fingerprint density at radius 2 is 1.30 bits per heavy atom. The van der Waals surface area contributed by atoms with Gasteiger partial charge in [-0.1, -0.05) is 134 Å². The van der Waals surface area contributed by atoms with Crippen LogP contribution in [0.1, 0.15) is 149 Å². The fraction of sp³-hybridized carbons (Fsp3) is 0.732. The lowest BCUT2D eigenvalue weighted by Gasteiger charge is -2.20. The Hall–Kier alpha value is -2.40. The quantitative estimate of drug-likeness (QED) is 0.0139. The Balaban J connectivity index is 4.52. The molecule has 53 heavy (non-hydrogen) atoms. The number of rotatable bonds is 36. The monoisotopic (exact) mass is 770 g/mol. The molecular weight excluding hydrogens is 699 g/mol. The van der Waals surface area contributed by atoms with Gasteiger partial charge >= 0.3 is 19.8 Å². The minimum Gasteiger partial charge on any atom is -0.462 e. The Bertz CT molecular complexity index is 1100. The Kier molecular flexibility index (Phi) is 33.7. The van der Waals surface area contributed by atoms with E-state index in [1.165, 1.54) is 38.5 Å². The highest BCUT2D eigenvalue weighted by Gasteiger charge is 2.27. The number of carbonyl (C=O) groups is 3. The second-order valence-electron chi connectivity index (χ2n) is 13.6. The molecule has 2 unspecified atom stereocenters. The highest BCUT2D eigenvalue weighted by Crippen LogP contribution is 2.43. The van der Waals surface area contributed by atoms with E-state index >= 15 is 0 Å². The molecule has 0 radical (unpaired) electrons. The van der Waals surface area contributed by atoms with Gasteiger partial charge in [0.1, 0.15) is 12.7 Å². The van der Waals surface area contributed by atoms with Gasteiger partial charge in [0.15, 0.2) is 11.9 Å². The molecule has 0 saturated heterocycles. The number of allylic oxidation sites excluding steroid dienone is 8. The first-order valence-electron chi connectivity index (χ1n) is 19.9. The van der Waals surface area contributed by atoms with Crippen molar-refractivity contribution >= 4 is 25.5 Å². The van der Waals surface area contributed by atoms with Gasteiger partial charge in [-0.2, -0.15) is 0 Å². The minimum atomic E-state index is -4.64. The molecule has 12 heteroatoms. The van der Waals surface area contributed by atoms with Crippen molar-refractivity contribution in [1.82, 2.24) is 0 Å². The van der Waals surface area contributed by atoms with Crippen molar-refractivity contribution in [2.75, 3.05) is 26.4 Å². The molecule has 0 aromatic heterocycles. The second-order valence-corrected chi connectivity index (χ2v) is 15.0. The molecule has 3 N–H and O–H groups in total. The molecule has 11 nitrogen and oxygen atoms in total. The number of phosphoric acid groups is 1. The first-order chi connectivity index (χ1) is 25.5. The number of phosphoric ester groups is 1. The summed E-state index contributed by atoms with van der Waals surface area (Å²) in [6.45, 7) is 4.42. The van der Waals surface area contributed by atoms with Gasteiger partial charge in [0.05, 0.1) is 19.8 Å². The summed E-state index contributed by atoms with van der Waals surface area (Å²) in [4.78, 5) is 46.5. The average molecular weight is 771 g/mol. The fourth-order valence-corrected chi connectivity index (χ4v) is 5.76. The van der Waals surface area contributed by atoms with Crippen LogP contribution >= 0.6 is 7.82 Å². The fourth-order valence-electron chi connectivity index (χ4n) is 4.97. The van der Waals surface area contributed by atoms with Crippen molar-refractivity contribution in [2.45, 2.75) is 161 Å². The third-order valence-electron chi connectivity index (χ3n) is 8.50. The molecule has 0 bridgehead atoms. The van der Waals surface area contributed by atoms with Gasteiger partial charge in [0.25, 0.3) is 0 Å².